The van der Waals surface area contributed by atoms with Gasteiger partial charge in [-0.15, -0.1) is 0 Å². The lowest BCUT2D eigenvalue weighted by Gasteiger charge is -2.13. The minimum atomic E-state index is -3.69. The van der Waals surface area contributed by atoms with E-state index < -0.39 is 16.1 Å². The molecule has 1 aromatic carbocycles. The van der Waals surface area contributed by atoms with Gasteiger partial charge in [-0.1, -0.05) is 6.07 Å². The molecule has 0 bridgehead atoms. The molecule has 0 amide bonds. The van der Waals surface area contributed by atoms with E-state index in [1.54, 1.807) is 26.0 Å². The van der Waals surface area contributed by atoms with Gasteiger partial charge >= 0.3 is 0 Å². The highest BCUT2D eigenvalue weighted by Gasteiger charge is 2.21. The summed E-state index contributed by atoms with van der Waals surface area (Å²) in [5.74, 6) is 1.42. The van der Waals surface area contributed by atoms with Gasteiger partial charge in [0.1, 0.15) is 11.5 Å². The Bertz CT molecular complexity index is 801. The number of hydrogen-bond donors (Lipinski definition) is 1. The van der Waals surface area contributed by atoms with Crippen LogP contribution < -0.4 is 4.72 Å². The van der Waals surface area contributed by atoms with E-state index in [0.29, 0.717) is 11.3 Å². The molecular weight excluding hydrogens is 288 g/mol. The minimum Gasteiger partial charge on any atom is -0.466 e. The summed E-state index contributed by atoms with van der Waals surface area (Å²) in [6.07, 6.45) is 0. The molecule has 21 heavy (non-hydrogen) atoms. The van der Waals surface area contributed by atoms with Crippen LogP contribution in [0.4, 0.5) is 0 Å². The fourth-order valence-electron chi connectivity index (χ4n) is 2.18. The van der Waals surface area contributed by atoms with E-state index >= 15 is 0 Å². The van der Waals surface area contributed by atoms with E-state index in [1.807, 2.05) is 19.1 Å². The third-order valence-electron chi connectivity index (χ3n) is 3.15. The molecule has 1 heterocycles. The molecule has 0 radical (unpaired) electrons. The maximum Gasteiger partial charge on any atom is 0.241 e. The van der Waals surface area contributed by atoms with Crippen molar-refractivity contribution in [2.45, 2.75) is 31.7 Å². The topological polar surface area (TPSA) is 83.1 Å². The van der Waals surface area contributed by atoms with Gasteiger partial charge in [-0.05, 0) is 45.0 Å². The Balaban J connectivity index is 2.29. The van der Waals surface area contributed by atoms with Gasteiger partial charge in [-0.2, -0.15) is 5.26 Å². The molecule has 0 saturated heterocycles. The van der Waals surface area contributed by atoms with E-state index in [0.717, 1.165) is 11.3 Å². The summed E-state index contributed by atoms with van der Waals surface area (Å²) in [6.45, 7) is 5.36. The molecule has 2 rings (SSSR count). The molecule has 0 aliphatic heterocycles. The smallest absolute Gasteiger partial charge is 0.241 e. The van der Waals surface area contributed by atoms with Crippen molar-refractivity contribution in [2.75, 3.05) is 0 Å². The summed E-state index contributed by atoms with van der Waals surface area (Å²) in [5.41, 5.74) is 1.10. The normalized spacial score (nSPS) is 12.9. The van der Waals surface area contributed by atoms with Crippen LogP contribution in [0.5, 0.6) is 0 Å². The molecule has 6 heteroatoms. The lowest BCUT2D eigenvalue weighted by molar-refractivity contribution is 0.496. The van der Waals surface area contributed by atoms with Gasteiger partial charge in [-0.3, -0.25) is 0 Å². The number of rotatable bonds is 4. The van der Waals surface area contributed by atoms with E-state index in [1.165, 1.54) is 12.1 Å². The van der Waals surface area contributed by atoms with Crippen LogP contribution in [-0.4, -0.2) is 8.42 Å². The van der Waals surface area contributed by atoms with E-state index in [9.17, 15) is 8.42 Å². The monoisotopic (exact) mass is 304 g/mol. The van der Waals surface area contributed by atoms with Crippen LogP contribution in [-0.2, 0) is 10.0 Å². The van der Waals surface area contributed by atoms with Gasteiger partial charge in [0.15, 0.2) is 0 Å². The van der Waals surface area contributed by atoms with Crippen molar-refractivity contribution in [3.05, 3.63) is 53.0 Å². The second-order valence-corrected chi connectivity index (χ2v) is 6.57. The fourth-order valence-corrected chi connectivity index (χ4v) is 3.45. The SMILES string of the molecule is Cc1cc(C(C)NS(=O)(=O)c2cccc(C#N)c2)c(C)o1. The average molecular weight is 304 g/mol. The van der Waals surface area contributed by atoms with Crippen LogP contribution in [0.3, 0.4) is 0 Å². The largest absolute Gasteiger partial charge is 0.466 e. The molecule has 0 fully saturated rings. The molecule has 2 aromatic rings. The van der Waals surface area contributed by atoms with Crippen LogP contribution in [0, 0.1) is 25.2 Å². The minimum absolute atomic E-state index is 0.0752. The highest BCUT2D eigenvalue weighted by Crippen LogP contribution is 2.23. The number of aryl methyl sites for hydroxylation is 2. The number of hydrogen-bond acceptors (Lipinski definition) is 4. The Morgan fingerprint density at radius 3 is 2.57 bits per heavy atom. The van der Waals surface area contributed by atoms with Crippen LogP contribution in [0.2, 0.25) is 0 Å². The third kappa shape index (κ3) is 3.32. The van der Waals surface area contributed by atoms with Crippen molar-refractivity contribution in [2.24, 2.45) is 0 Å². The van der Waals surface area contributed by atoms with Gasteiger partial charge < -0.3 is 4.42 Å². The second kappa shape index (κ2) is 5.72. The Morgan fingerprint density at radius 1 is 1.29 bits per heavy atom. The van der Waals surface area contributed by atoms with E-state index in [4.69, 9.17) is 9.68 Å². The third-order valence-corrected chi connectivity index (χ3v) is 4.69. The molecule has 1 unspecified atom stereocenters. The standard InChI is InChI=1S/C15H16N2O3S/c1-10-7-15(12(3)20-10)11(2)17-21(18,19)14-6-4-5-13(8-14)9-16/h4-8,11,17H,1-3H3. The highest BCUT2D eigenvalue weighted by molar-refractivity contribution is 7.89. The first-order valence-electron chi connectivity index (χ1n) is 6.43. The van der Waals surface area contributed by atoms with Gasteiger partial charge in [0.2, 0.25) is 10.0 Å². The quantitative estimate of drug-likeness (QED) is 0.941. The summed E-state index contributed by atoms with van der Waals surface area (Å²) in [7, 11) is -3.69. The van der Waals surface area contributed by atoms with Crippen molar-refractivity contribution in [1.82, 2.24) is 4.72 Å². The van der Waals surface area contributed by atoms with Gasteiger partial charge in [0, 0.05) is 11.6 Å². The second-order valence-electron chi connectivity index (χ2n) is 4.85. The lowest BCUT2D eigenvalue weighted by Crippen LogP contribution is -2.27. The van der Waals surface area contributed by atoms with Crippen molar-refractivity contribution in [3.63, 3.8) is 0 Å². The zero-order chi connectivity index (χ0) is 15.6. The van der Waals surface area contributed by atoms with Gasteiger partial charge in [0.05, 0.1) is 16.5 Å². The molecule has 0 saturated carbocycles. The molecule has 0 spiro atoms. The Labute approximate surface area is 124 Å². The predicted octanol–water partition coefficient (Wildman–Crippen LogP) is 2.81. The van der Waals surface area contributed by atoms with Crippen LogP contribution in [0.15, 0.2) is 39.6 Å². The van der Waals surface area contributed by atoms with Gasteiger partial charge in [-0.25, -0.2) is 13.1 Å². The average Bonchev–Trinajstić information content (AvgIpc) is 2.77. The number of furan rings is 1. The first-order valence-corrected chi connectivity index (χ1v) is 7.91. The van der Waals surface area contributed by atoms with Crippen LogP contribution >= 0.6 is 0 Å². The zero-order valence-electron chi connectivity index (χ0n) is 12.0. The summed E-state index contributed by atoms with van der Waals surface area (Å²) >= 11 is 0. The maximum absolute atomic E-state index is 12.4. The first-order chi connectivity index (χ1) is 9.83. The molecule has 1 N–H and O–H groups in total. The molecule has 1 atom stereocenters. The predicted molar refractivity (Wildman–Crippen MR) is 78.1 cm³/mol. The van der Waals surface area contributed by atoms with Crippen molar-refractivity contribution in [3.8, 4) is 6.07 Å². The first kappa shape index (κ1) is 15.3. The van der Waals surface area contributed by atoms with Crippen molar-refractivity contribution >= 4 is 10.0 Å². The molecular formula is C15H16N2O3S. The molecule has 0 aliphatic carbocycles. The summed E-state index contributed by atoms with van der Waals surface area (Å²) < 4.78 is 32.7. The van der Waals surface area contributed by atoms with Gasteiger partial charge in [0.25, 0.3) is 0 Å². The number of nitrogens with zero attached hydrogens (tertiary/aromatic N) is 1. The van der Waals surface area contributed by atoms with E-state index in [-0.39, 0.29) is 4.90 Å². The Hall–Kier alpha value is -2.10. The van der Waals surface area contributed by atoms with Crippen LogP contribution in [0.25, 0.3) is 0 Å². The number of nitrogens with one attached hydrogen (secondary N) is 1. The summed E-state index contributed by atoms with van der Waals surface area (Å²) in [6, 6.07) is 9.24. The number of nitriles is 1. The summed E-state index contributed by atoms with van der Waals surface area (Å²) in [4.78, 5) is 0.0752. The highest BCUT2D eigenvalue weighted by atomic mass is 32.2. The molecule has 5 nitrogen and oxygen atoms in total. The maximum atomic E-state index is 12.4. The Morgan fingerprint density at radius 2 is 2.00 bits per heavy atom. The number of sulfonamides is 1. The number of benzene rings is 1. The molecule has 110 valence electrons. The Kier molecular flexibility index (Phi) is 4.16. The summed E-state index contributed by atoms with van der Waals surface area (Å²) in [5, 5.41) is 8.85. The van der Waals surface area contributed by atoms with Crippen molar-refractivity contribution < 1.29 is 12.8 Å². The molecule has 1 aromatic heterocycles. The van der Waals surface area contributed by atoms with Crippen LogP contribution in [0.1, 0.15) is 35.6 Å². The van der Waals surface area contributed by atoms with E-state index in [2.05, 4.69) is 4.72 Å². The lowest BCUT2D eigenvalue weighted by atomic mass is 10.1. The molecule has 0 aliphatic rings. The fraction of sp³-hybridized carbons (Fsp3) is 0.267. The zero-order valence-corrected chi connectivity index (χ0v) is 12.9. The van der Waals surface area contributed by atoms with Crippen molar-refractivity contribution in [1.29, 1.82) is 5.26 Å².